The van der Waals surface area contributed by atoms with Crippen molar-refractivity contribution < 1.29 is 14.4 Å². The number of oxime groups is 1. The third-order valence-electron chi connectivity index (χ3n) is 4.83. The van der Waals surface area contributed by atoms with Crippen LogP contribution in [0.4, 0.5) is 0 Å². The SMILES string of the molecule is CO/N=C\[C@@H]1C(=O)c2c(Oc3ccc(Cl)cc3)cccc2[C@H]1c1ccccc1. The van der Waals surface area contributed by atoms with Crippen LogP contribution in [0.2, 0.25) is 5.02 Å². The summed E-state index contributed by atoms with van der Waals surface area (Å²) in [5.74, 6) is 0.521. The number of Topliss-reactive ketones (excluding diaryl/α,β-unsaturated/α-hetero) is 1. The number of rotatable bonds is 5. The van der Waals surface area contributed by atoms with Gasteiger partial charge in [0.05, 0.1) is 17.7 Å². The average Bonchev–Trinajstić information content (AvgIpc) is 3.01. The van der Waals surface area contributed by atoms with Crippen LogP contribution in [0.1, 0.15) is 27.4 Å². The lowest BCUT2D eigenvalue weighted by Gasteiger charge is -2.16. The van der Waals surface area contributed by atoms with E-state index < -0.39 is 5.92 Å². The summed E-state index contributed by atoms with van der Waals surface area (Å²) < 4.78 is 6.03. The van der Waals surface area contributed by atoms with Crippen LogP contribution in [-0.4, -0.2) is 19.1 Å². The predicted molar refractivity (Wildman–Crippen MR) is 110 cm³/mol. The van der Waals surface area contributed by atoms with Crippen LogP contribution < -0.4 is 4.74 Å². The fraction of sp³-hybridized carbons (Fsp3) is 0.130. The number of carbonyl (C=O) groups excluding carboxylic acids is 1. The van der Waals surface area contributed by atoms with E-state index in [0.717, 1.165) is 11.1 Å². The number of hydrogen-bond donors (Lipinski definition) is 0. The van der Waals surface area contributed by atoms with E-state index in [2.05, 4.69) is 5.16 Å². The van der Waals surface area contributed by atoms with Crippen molar-refractivity contribution in [1.29, 1.82) is 0 Å². The third-order valence-corrected chi connectivity index (χ3v) is 5.08. The summed E-state index contributed by atoms with van der Waals surface area (Å²) in [6.45, 7) is 0. The molecule has 0 fully saturated rings. The second kappa shape index (κ2) is 7.87. The molecule has 0 amide bonds. The Morgan fingerprint density at radius 1 is 0.964 bits per heavy atom. The van der Waals surface area contributed by atoms with Gasteiger partial charge in [-0.05, 0) is 41.5 Å². The number of carbonyl (C=O) groups is 1. The molecule has 2 atom stereocenters. The van der Waals surface area contributed by atoms with Gasteiger partial charge in [-0.3, -0.25) is 4.79 Å². The van der Waals surface area contributed by atoms with Crippen molar-refractivity contribution in [3.05, 3.63) is 94.5 Å². The molecule has 0 N–H and O–H groups in total. The summed E-state index contributed by atoms with van der Waals surface area (Å²) >= 11 is 5.95. The molecule has 0 aliphatic heterocycles. The Kier molecular flexibility index (Phi) is 5.13. The van der Waals surface area contributed by atoms with Gasteiger partial charge in [0.1, 0.15) is 18.6 Å². The first kappa shape index (κ1) is 18.3. The van der Waals surface area contributed by atoms with Crippen molar-refractivity contribution in [3.8, 4) is 11.5 Å². The van der Waals surface area contributed by atoms with Crippen molar-refractivity contribution in [3.63, 3.8) is 0 Å². The zero-order valence-electron chi connectivity index (χ0n) is 15.2. The molecule has 4 nitrogen and oxygen atoms in total. The average molecular weight is 392 g/mol. The number of hydrogen-bond acceptors (Lipinski definition) is 4. The zero-order valence-corrected chi connectivity index (χ0v) is 16.0. The first-order chi connectivity index (χ1) is 13.7. The molecule has 0 bridgehead atoms. The minimum atomic E-state index is -0.452. The Labute approximate surface area is 168 Å². The van der Waals surface area contributed by atoms with E-state index >= 15 is 0 Å². The summed E-state index contributed by atoms with van der Waals surface area (Å²) in [5.41, 5.74) is 2.56. The van der Waals surface area contributed by atoms with E-state index in [1.165, 1.54) is 7.11 Å². The Morgan fingerprint density at radius 3 is 2.43 bits per heavy atom. The molecule has 0 aromatic heterocycles. The highest BCUT2D eigenvalue weighted by atomic mass is 35.5. The van der Waals surface area contributed by atoms with Crippen LogP contribution in [0.3, 0.4) is 0 Å². The van der Waals surface area contributed by atoms with E-state index in [1.807, 2.05) is 48.5 Å². The molecule has 0 heterocycles. The standard InChI is InChI=1S/C23H18ClNO3/c1-27-25-14-19-21(15-6-3-2-4-7-15)18-8-5-9-20(22(18)23(19)26)28-17-12-10-16(24)11-13-17/h2-14,19,21H,1H3/b25-14-/t19-,21+/m0/s1. The summed E-state index contributed by atoms with van der Waals surface area (Å²) in [4.78, 5) is 18.1. The lowest BCUT2D eigenvalue weighted by molar-refractivity contribution is 0.0960. The fourth-order valence-corrected chi connectivity index (χ4v) is 3.75. The minimum Gasteiger partial charge on any atom is -0.457 e. The number of fused-ring (bicyclic) bond motifs is 1. The van der Waals surface area contributed by atoms with E-state index in [9.17, 15) is 4.79 Å². The molecule has 1 aliphatic carbocycles. The summed E-state index contributed by atoms with van der Waals surface area (Å²) in [6.07, 6.45) is 1.58. The predicted octanol–water partition coefficient (Wildman–Crippen LogP) is 5.71. The maximum atomic E-state index is 13.3. The molecule has 0 saturated heterocycles. The van der Waals surface area contributed by atoms with Gasteiger partial charge < -0.3 is 9.57 Å². The number of ether oxygens (including phenoxy) is 1. The van der Waals surface area contributed by atoms with Crippen molar-refractivity contribution in [1.82, 2.24) is 0 Å². The van der Waals surface area contributed by atoms with Gasteiger partial charge in [-0.25, -0.2) is 0 Å². The van der Waals surface area contributed by atoms with Gasteiger partial charge in [0.25, 0.3) is 0 Å². The van der Waals surface area contributed by atoms with Crippen molar-refractivity contribution in [2.45, 2.75) is 5.92 Å². The smallest absolute Gasteiger partial charge is 0.176 e. The van der Waals surface area contributed by atoms with Crippen LogP contribution in [-0.2, 0) is 4.84 Å². The highest BCUT2D eigenvalue weighted by Gasteiger charge is 2.42. The molecule has 5 heteroatoms. The lowest BCUT2D eigenvalue weighted by atomic mass is 9.86. The minimum absolute atomic E-state index is 0.0331. The number of nitrogens with zero attached hydrogens (tertiary/aromatic N) is 1. The third kappa shape index (κ3) is 3.39. The van der Waals surface area contributed by atoms with E-state index in [-0.39, 0.29) is 11.7 Å². The first-order valence-electron chi connectivity index (χ1n) is 8.91. The number of ketones is 1. The van der Waals surface area contributed by atoms with Crippen LogP contribution >= 0.6 is 11.6 Å². The van der Waals surface area contributed by atoms with Crippen LogP contribution in [0.5, 0.6) is 11.5 Å². The molecule has 3 aromatic rings. The van der Waals surface area contributed by atoms with E-state index in [1.54, 1.807) is 30.5 Å². The topological polar surface area (TPSA) is 47.9 Å². The Morgan fingerprint density at radius 2 is 1.71 bits per heavy atom. The molecule has 28 heavy (non-hydrogen) atoms. The summed E-state index contributed by atoms with van der Waals surface area (Å²) in [6, 6.07) is 22.7. The summed E-state index contributed by atoms with van der Waals surface area (Å²) in [7, 11) is 1.47. The van der Waals surface area contributed by atoms with Gasteiger partial charge in [-0.15, -0.1) is 0 Å². The fourth-order valence-electron chi connectivity index (χ4n) is 3.62. The molecule has 3 aromatic carbocycles. The van der Waals surface area contributed by atoms with Crippen molar-refractivity contribution in [2.75, 3.05) is 7.11 Å². The van der Waals surface area contributed by atoms with Gasteiger partial charge in [0, 0.05) is 10.9 Å². The second-order valence-electron chi connectivity index (χ2n) is 6.49. The van der Waals surface area contributed by atoms with Crippen LogP contribution in [0.15, 0.2) is 78.0 Å². The zero-order chi connectivity index (χ0) is 19.5. The molecule has 1 aliphatic rings. The Hall–Kier alpha value is -3.11. The van der Waals surface area contributed by atoms with Gasteiger partial charge in [-0.1, -0.05) is 59.2 Å². The molecule has 0 spiro atoms. The highest BCUT2D eigenvalue weighted by molar-refractivity contribution is 6.30. The first-order valence-corrected chi connectivity index (χ1v) is 9.29. The van der Waals surface area contributed by atoms with Crippen molar-refractivity contribution >= 4 is 23.6 Å². The van der Waals surface area contributed by atoms with Gasteiger partial charge in [0.2, 0.25) is 0 Å². The van der Waals surface area contributed by atoms with E-state index in [0.29, 0.717) is 22.1 Å². The van der Waals surface area contributed by atoms with Gasteiger partial charge >= 0.3 is 0 Å². The maximum absolute atomic E-state index is 13.3. The van der Waals surface area contributed by atoms with Gasteiger partial charge in [0.15, 0.2) is 5.78 Å². The Balaban J connectivity index is 1.80. The number of halogens is 1. The maximum Gasteiger partial charge on any atom is 0.176 e. The molecular formula is C23H18ClNO3. The second-order valence-corrected chi connectivity index (χ2v) is 6.93. The normalized spacial score (nSPS) is 18.3. The molecule has 140 valence electrons. The molecular weight excluding hydrogens is 374 g/mol. The molecule has 0 saturated carbocycles. The monoisotopic (exact) mass is 391 g/mol. The van der Waals surface area contributed by atoms with Crippen LogP contribution in [0, 0.1) is 5.92 Å². The number of benzene rings is 3. The largest absolute Gasteiger partial charge is 0.457 e. The molecule has 4 rings (SSSR count). The van der Waals surface area contributed by atoms with Gasteiger partial charge in [-0.2, -0.15) is 0 Å². The molecule has 0 unspecified atom stereocenters. The quantitative estimate of drug-likeness (QED) is 0.413. The van der Waals surface area contributed by atoms with Crippen LogP contribution in [0.25, 0.3) is 0 Å². The van der Waals surface area contributed by atoms with E-state index in [4.69, 9.17) is 21.2 Å². The highest BCUT2D eigenvalue weighted by Crippen LogP contribution is 2.45. The Bertz CT molecular complexity index is 1020. The summed E-state index contributed by atoms with van der Waals surface area (Å²) in [5, 5.41) is 4.51. The molecule has 0 radical (unpaired) electrons. The lowest BCUT2D eigenvalue weighted by Crippen LogP contribution is -2.16. The van der Waals surface area contributed by atoms with Crippen molar-refractivity contribution in [2.24, 2.45) is 11.1 Å².